The summed E-state index contributed by atoms with van der Waals surface area (Å²) in [4.78, 5) is 11.2. The van der Waals surface area contributed by atoms with E-state index in [1.165, 1.54) is 27.7 Å². The minimum atomic E-state index is -4.96. The zero-order valence-electron chi connectivity index (χ0n) is 18.1. The second-order valence-corrected chi connectivity index (χ2v) is 10.2. The quantitative estimate of drug-likeness (QED) is 0.196. The molecule has 0 aromatic heterocycles. The summed E-state index contributed by atoms with van der Waals surface area (Å²) >= 11 is 0. The molecule has 3 unspecified atom stereocenters. The summed E-state index contributed by atoms with van der Waals surface area (Å²) in [7, 11) is -4.96. The lowest BCUT2D eigenvalue weighted by Crippen LogP contribution is -2.70. The van der Waals surface area contributed by atoms with Gasteiger partial charge in [-0.15, -0.1) is 0 Å². The highest BCUT2D eigenvalue weighted by molar-refractivity contribution is 7.83. The molecule has 13 nitrogen and oxygen atoms in total. The van der Waals surface area contributed by atoms with Crippen LogP contribution in [0.1, 0.15) is 27.7 Å². The van der Waals surface area contributed by atoms with E-state index in [4.69, 9.17) is 19.3 Å². The van der Waals surface area contributed by atoms with Crippen molar-refractivity contribution in [2.45, 2.75) is 69.4 Å². The summed E-state index contributed by atoms with van der Waals surface area (Å²) < 4.78 is 52.3. The fraction of sp³-hybridized carbons (Fsp3) is 0.833. The Morgan fingerprint density at radius 3 is 2.28 bits per heavy atom. The summed E-state index contributed by atoms with van der Waals surface area (Å²) in [6, 6.07) is -1.38. The Morgan fingerprint density at radius 2 is 1.78 bits per heavy atom. The predicted octanol–water partition coefficient (Wildman–Crippen LogP) is -2.56. The molecular weight excluding hydrogens is 454 g/mol. The number of ether oxygens (including phenoxy) is 3. The highest BCUT2D eigenvalue weighted by atomic mass is 32.2. The molecule has 0 aromatic carbocycles. The van der Waals surface area contributed by atoms with Crippen molar-refractivity contribution < 1.29 is 57.5 Å². The molecule has 2 heterocycles. The van der Waals surface area contributed by atoms with Crippen LogP contribution in [0.25, 0.3) is 0 Å². The number of carboxylic acid groups (broad SMARTS) is 1. The second-order valence-electron chi connectivity index (χ2n) is 9.07. The van der Waals surface area contributed by atoms with E-state index in [1.807, 2.05) is 4.72 Å². The number of aliphatic hydroxyl groups is 4. The van der Waals surface area contributed by atoms with E-state index in [0.717, 1.165) is 6.08 Å². The van der Waals surface area contributed by atoms with Crippen molar-refractivity contribution in [3.63, 3.8) is 0 Å². The molecule has 1 saturated heterocycles. The summed E-state index contributed by atoms with van der Waals surface area (Å²) in [5.41, 5.74) is -4.47. The van der Waals surface area contributed by atoms with Crippen molar-refractivity contribution in [2.75, 3.05) is 19.8 Å². The van der Waals surface area contributed by atoms with Gasteiger partial charge in [-0.3, -0.25) is 0 Å². The van der Waals surface area contributed by atoms with Gasteiger partial charge in [0.25, 0.3) is 0 Å². The topological polar surface area (TPSA) is 215 Å². The van der Waals surface area contributed by atoms with Crippen molar-refractivity contribution in [3.8, 4) is 0 Å². The van der Waals surface area contributed by atoms with Crippen LogP contribution in [0.4, 0.5) is 0 Å². The molecular formula is C18H30NO12S-. The number of carboxylic acids is 1. The molecule has 0 aliphatic carbocycles. The largest absolute Gasteiger partial charge is 0.735 e. The number of rotatable bonds is 8. The van der Waals surface area contributed by atoms with Gasteiger partial charge in [-0.1, -0.05) is 6.92 Å². The maximum atomic E-state index is 11.3. The monoisotopic (exact) mass is 484 g/mol. The van der Waals surface area contributed by atoms with E-state index in [2.05, 4.69) is 0 Å². The van der Waals surface area contributed by atoms with E-state index in [0.29, 0.717) is 0 Å². The molecule has 0 bridgehead atoms. The summed E-state index contributed by atoms with van der Waals surface area (Å²) in [5, 5.41) is 50.1. The van der Waals surface area contributed by atoms with Gasteiger partial charge in [0.15, 0.2) is 15.9 Å². The van der Waals surface area contributed by atoms with Crippen molar-refractivity contribution in [3.05, 3.63) is 11.8 Å². The van der Waals surface area contributed by atoms with Crippen LogP contribution >= 0.6 is 0 Å². The van der Waals surface area contributed by atoms with Gasteiger partial charge < -0.3 is 44.3 Å². The number of nitrogens with one attached hydrogen (secondary N) is 1. The molecule has 6 N–H and O–H groups in total. The van der Waals surface area contributed by atoms with E-state index >= 15 is 0 Å². The fourth-order valence-corrected chi connectivity index (χ4v) is 4.69. The van der Waals surface area contributed by atoms with Crippen LogP contribution in [-0.4, -0.2) is 106 Å². The van der Waals surface area contributed by atoms with Gasteiger partial charge in [0, 0.05) is 5.41 Å². The Morgan fingerprint density at radius 1 is 1.19 bits per heavy atom. The standard InChI is InChI=1S/C18H31NO12S/c1-16(2)12(19-32(26,27)28)14(23)17(3,11(6-20)31-16)7-29-8-18(4)13(22)9(21)5-10(30-18)15(24)25/h5,9,11-14,19-23H,6-8H2,1-4H3,(H,24,25)(H,26,27,28)/p-1/t9-,11?,12?,13?,14+,17+,18+/m0/s1. The van der Waals surface area contributed by atoms with Gasteiger partial charge in [0.05, 0.1) is 43.7 Å². The zero-order valence-corrected chi connectivity index (χ0v) is 18.9. The maximum absolute atomic E-state index is 11.3. The molecule has 0 aromatic rings. The minimum Gasteiger partial charge on any atom is -0.735 e. The Kier molecular flexibility index (Phi) is 7.66. The lowest BCUT2D eigenvalue weighted by molar-refractivity contribution is -0.255. The van der Waals surface area contributed by atoms with Crippen LogP contribution in [0.5, 0.6) is 0 Å². The Bertz CT molecular complexity index is 845. The molecule has 2 aliphatic heterocycles. The van der Waals surface area contributed by atoms with Crippen molar-refractivity contribution in [2.24, 2.45) is 5.41 Å². The molecule has 14 heteroatoms. The van der Waals surface area contributed by atoms with Crippen LogP contribution in [0, 0.1) is 5.41 Å². The number of carbonyl (C=O) groups is 1. The van der Waals surface area contributed by atoms with Crippen LogP contribution in [0.15, 0.2) is 11.8 Å². The molecule has 186 valence electrons. The first-order valence-electron chi connectivity index (χ1n) is 9.75. The Balaban J connectivity index is 2.22. The van der Waals surface area contributed by atoms with E-state index < -0.39 is 82.3 Å². The van der Waals surface area contributed by atoms with E-state index in [9.17, 15) is 38.2 Å². The maximum Gasteiger partial charge on any atom is 0.370 e. The lowest BCUT2D eigenvalue weighted by Gasteiger charge is -2.54. The van der Waals surface area contributed by atoms with Gasteiger partial charge in [-0.25, -0.2) is 17.9 Å². The molecule has 2 rings (SSSR count). The molecule has 1 fully saturated rings. The number of hydrogen-bond donors (Lipinski definition) is 6. The highest BCUT2D eigenvalue weighted by Crippen LogP contribution is 2.42. The molecule has 2 aliphatic rings. The lowest BCUT2D eigenvalue weighted by atomic mass is 9.70. The van der Waals surface area contributed by atoms with Crippen molar-refractivity contribution in [1.29, 1.82) is 0 Å². The molecule has 7 atom stereocenters. The van der Waals surface area contributed by atoms with Crippen molar-refractivity contribution in [1.82, 2.24) is 4.72 Å². The Hall–Kier alpha value is -1.36. The fourth-order valence-electron chi connectivity index (χ4n) is 3.97. The minimum absolute atomic E-state index is 0.375. The predicted molar refractivity (Wildman–Crippen MR) is 105 cm³/mol. The number of aliphatic carboxylic acids is 1. The van der Waals surface area contributed by atoms with Gasteiger partial charge in [-0.05, 0) is 26.8 Å². The first-order chi connectivity index (χ1) is 14.5. The van der Waals surface area contributed by atoms with Gasteiger partial charge in [-0.2, -0.15) is 0 Å². The first kappa shape index (κ1) is 26.9. The molecule has 32 heavy (non-hydrogen) atoms. The highest BCUT2D eigenvalue weighted by Gasteiger charge is 2.57. The molecule has 0 saturated carbocycles. The van der Waals surface area contributed by atoms with E-state index in [1.54, 1.807) is 0 Å². The van der Waals surface area contributed by atoms with Crippen LogP contribution < -0.4 is 4.72 Å². The second kappa shape index (κ2) is 9.12. The van der Waals surface area contributed by atoms with Gasteiger partial charge in [0.1, 0.15) is 12.2 Å². The SMILES string of the molecule is CC1(C)OC(CO)[C@@](C)(COC[C@@]2(C)OC(C(=O)O)=C[C@H](O)C2O)[C@H](O)C1NS(=O)(=O)[O-]. The normalized spacial score (nSPS) is 39.8. The first-order valence-corrected chi connectivity index (χ1v) is 11.2. The summed E-state index contributed by atoms with van der Waals surface area (Å²) in [6.07, 6.45) is -4.82. The van der Waals surface area contributed by atoms with Crippen LogP contribution in [0.3, 0.4) is 0 Å². The third-order valence-corrected chi connectivity index (χ3v) is 6.53. The summed E-state index contributed by atoms with van der Waals surface area (Å²) in [5.74, 6) is -2.04. The molecule has 0 amide bonds. The van der Waals surface area contributed by atoms with Gasteiger partial charge in [0.2, 0.25) is 5.76 Å². The average Bonchev–Trinajstić information content (AvgIpc) is 2.65. The number of aliphatic hydroxyl groups excluding tert-OH is 4. The average molecular weight is 485 g/mol. The third-order valence-electron chi connectivity index (χ3n) is 5.99. The van der Waals surface area contributed by atoms with Crippen LogP contribution in [-0.2, 0) is 29.3 Å². The van der Waals surface area contributed by atoms with Gasteiger partial charge >= 0.3 is 5.97 Å². The van der Waals surface area contributed by atoms with E-state index in [-0.39, 0.29) is 6.61 Å². The van der Waals surface area contributed by atoms with Crippen molar-refractivity contribution >= 4 is 16.3 Å². The molecule has 0 radical (unpaired) electrons. The van der Waals surface area contributed by atoms with Crippen LogP contribution in [0.2, 0.25) is 0 Å². The zero-order chi connectivity index (χ0) is 24.7. The number of hydrogen-bond acceptors (Lipinski definition) is 11. The third kappa shape index (κ3) is 5.40. The Labute approximate surface area is 185 Å². The summed E-state index contributed by atoms with van der Waals surface area (Å²) in [6.45, 7) is 4.25. The smallest absolute Gasteiger partial charge is 0.370 e. The molecule has 0 spiro atoms.